The number of carbonyl (C=O) groups is 1. The van der Waals surface area contributed by atoms with Crippen LogP contribution < -0.4 is 10.5 Å². The standard InChI is InChI=1S/C19H15NO2S2/c20-14-5-7-15(8-6-14)22-17-9-4-13(11-18(17)24)19(21)12-2-1-3-16(23)10-12/h1-11,23-24H,20H2. The van der Waals surface area contributed by atoms with Gasteiger partial charge in [0.2, 0.25) is 0 Å². The molecule has 0 aromatic heterocycles. The molecule has 0 aliphatic heterocycles. The van der Waals surface area contributed by atoms with Gasteiger partial charge in [0, 0.05) is 26.6 Å². The van der Waals surface area contributed by atoms with E-state index in [-0.39, 0.29) is 5.78 Å². The van der Waals surface area contributed by atoms with Crippen molar-refractivity contribution in [3.8, 4) is 11.5 Å². The van der Waals surface area contributed by atoms with E-state index in [0.717, 1.165) is 4.90 Å². The number of rotatable bonds is 4. The van der Waals surface area contributed by atoms with Crippen LogP contribution in [0, 0.1) is 0 Å². The first-order valence-electron chi connectivity index (χ1n) is 7.23. The van der Waals surface area contributed by atoms with Gasteiger partial charge in [-0.2, -0.15) is 0 Å². The molecule has 0 radical (unpaired) electrons. The number of thiol groups is 2. The fraction of sp³-hybridized carbons (Fsp3) is 0. The van der Waals surface area contributed by atoms with Gasteiger partial charge in [0.15, 0.2) is 5.78 Å². The lowest BCUT2D eigenvalue weighted by Crippen LogP contribution is -2.01. The van der Waals surface area contributed by atoms with Gasteiger partial charge in [-0.1, -0.05) is 12.1 Å². The van der Waals surface area contributed by atoms with Crippen LogP contribution in [0.15, 0.2) is 76.5 Å². The Kier molecular flexibility index (Phi) is 4.83. The Balaban J connectivity index is 1.84. The van der Waals surface area contributed by atoms with Crippen molar-refractivity contribution < 1.29 is 9.53 Å². The Morgan fingerprint density at radius 1 is 0.875 bits per heavy atom. The smallest absolute Gasteiger partial charge is 0.193 e. The predicted molar refractivity (Wildman–Crippen MR) is 102 cm³/mol. The van der Waals surface area contributed by atoms with E-state index in [1.807, 2.05) is 6.07 Å². The first-order chi connectivity index (χ1) is 11.5. The van der Waals surface area contributed by atoms with Crippen LogP contribution >= 0.6 is 25.3 Å². The highest BCUT2D eigenvalue weighted by Crippen LogP contribution is 2.30. The van der Waals surface area contributed by atoms with Gasteiger partial charge < -0.3 is 10.5 Å². The van der Waals surface area contributed by atoms with Crippen molar-refractivity contribution in [2.75, 3.05) is 5.73 Å². The van der Waals surface area contributed by atoms with Crippen LogP contribution in [0.25, 0.3) is 0 Å². The maximum absolute atomic E-state index is 12.5. The van der Waals surface area contributed by atoms with Crippen molar-refractivity contribution in [1.29, 1.82) is 0 Å². The molecular weight excluding hydrogens is 338 g/mol. The van der Waals surface area contributed by atoms with E-state index >= 15 is 0 Å². The zero-order valence-corrected chi connectivity index (χ0v) is 14.4. The summed E-state index contributed by atoms with van der Waals surface area (Å²) in [5.74, 6) is 1.14. The summed E-state index contributed by atoms with van der Waals surface area (Å²) >= 11 is 8.69. The molecule has 0 aliphatic rings. The van der Waals surface area contributed by atoms with E-state index in [1.165, 1.54) is 0 Å². The largest absolute Gasteiger partial charge is 0.456 e. The summed E-state index contributed by atoms with van der Waals surface area (Å²) < 4.78 is 5.77. The van der Waals surface area contributed by atoms with Crippen LogP contribution in [0.1, 0.15) is 15.9 Å². The normalized spacial score (nSPS) is 10.4. The van der Waals surface area contributed by atoms with Gasteiger partial charge in [-0.3, -0.25) is 4.79 Å². The molecule has 3 rings (SSSR count). The van der Waals surface area contributed by atoms with E-state index in [1.54, 1.807) is 60.7 Å². The van der Waals surface area contributed by atoms with Gasteiger partial charge >= 0.3 is 0 Å². The van der Waals surface area contributed by atoms with Crippen molar-refractivity contribution in [1.82, 2.24) is 0 Å². The predicted octanol–water partition coefficient (Wildman–Crippen LogP) is 4.87. The van der Waals surface area contributed by atoms with Crippen LogP contribution in [-0.2, 0) is 0 Å². The maximum Gasteiger partial charge on any atom is 0.193 e. The average molecular weight is 353 g/mol. The van der Waals surface area contributed by atoms with Gasteiger partial charge in [-0.05, 0) is 54.6 Å². The van der Waals surface area contributed by atoms with Crippen LogP contribution in [0.3, 0.4) is 0 Å². The van der Waals surface area contributed by atoms with E-state index in [4.69, 9.17) is 10.5 Å². The quantitative estimate of drug-likeness (QED) is 0.356. The highest BCUT2D eigenvalue weighted by Gasteiger charge is 2.12. The van der Waals surface area contributed by atoms with Gasteiger partial charge in [0.25, 0.3) is 0 Å². The van der Waals surface area contributed by atoms with Crippen LogP contribution in [-0.4, -0.2) is 5.78 Å². The highest BCUT2D eigenvalue weighted by atomic mass is 32.1. The molecule has 5 heteroatoms. The van der Waals surface area contributed by atoms with Gasteiger partial charge in [0.05, 0.1) is 0 Å². The average Bonchev–Trinajstić information content (AvgIpc) is 2.58. The summed E-state index contributed by atoms with van der Waals surface area (Å²) in [6.07, 6.45) is 0. The second-order valence-electron chi connectivity index (χ2n) is 5.23. The molecule has 0 bridgehead atoms. The molecule has 2 N–H and O–H groups in total. The number of hydrogen-bond donors (Lipinski definition) is 3. The Hall–Kier alpha value is -2.37. The summed E-state index contributed by atoms with van der Waals surface area (Å²) in [5, 5.41) is 0. The fourth-order valence-corrected chi connectivity index (χ4v) is 2.71. The van der Waals surface area contributed by atoms with E-state index in [0.29, 0.717) is 33.2 Å². The van der Waals surface area contributed by atoms with Crippen molar-refractivity contribution in [2.45, 2.75) is 9.79 Å². The minimum atomic E-state index is -0.0831. The van der Waals surface area contributed by atoms with E-state index in [2.05, 4.69) is 25.3 Å². The van der Waals surface area contributed by atoms with Crippen molar-refractivity contribution >= 4 is 36.7 Å². The number of nitrogen functional groups attached to an aromatic ring is 1. The summed E-state index contributed by atoms with van der Waals surface area (Å²) in [4.78, 5) is 13.9. The van der Waals surface area contributed by atoms with Crippen molar-refractivity contribution in [3.05, 3.63) is 77.9 Å². The first kappa shape index (κ1) is 16.5. The first-order valence-corrected chi connectivity index (χ1v) is 8.12. The monoisotopic (exact) mass is 353 g/mol. The maximum atomic E-state index is 12.5. The number of hydrogen-bond acceptors (Lipinski definition) is 5. The molecule has 3 aromatic rings. The zero-order valence-electron chi connectivity index (χ0n) is 12.6. The third-order valence-corrected chi connectivity index (χ3v) is 4.07. The van der Waals surface area contributed by atoms with Gasteiger partial charge in [-0.15, -0.1) is 25.3 Å². The van der Waals surface area contributed by atoms with Crippen LogP contribution in [0.5, 0.6) is 11.5 Å². The molecule has 3 nitrogen and oxygen atoms in total. The van der Waals surface area contributed by atoms with E-state index < -0.39 is 0 Å². The van der Waals surface area contributed by atoms with Crippen LogP contribution in [0.4, 0.5) is 5.69 Å². The lowest BCUT2D eigenvalue weighted by atomic mass is 10.0. The Bertz CT molecular complexity index is 892. The molecule has 0 fully saturated rings. The summed E-state index contributed by atoms with van der Waals surface area (Å²) in [5.41, 5.74) is 7.45. The third kappa shape index (κ3) is 3.75. The minimum Gasteiger partial charge on any atom is -0.456 e. The number of nitrogens with two attached hydrogens (primary N) is 1. The number of ketones is 1. The highest BCUT2D eigenvalue weighted by molar-refractivity contribution is 7.80. The summed E-state index contributed by atoms with van der Waals surface area (Å²) in [6, 6.07) is 19.4. The van der Waals surface area contributed by atoms with Crippen LogP contribution in [0.2, 0.25) is 0 Å². The third-order valence-electron chi connectivity index (χ3n) is 3.44. The summed E-state index contributed by atoms with van der Waals surface area (Å²) in [7, 11) is 0. The van der Waals surface area contributed by atoms with Gasteiger partial charge in [-0.25, -0.2) is 0 Å². The van der Waals surface area contributed by atoms with Crippen molar-refractivity contribution in [2.24, 2.45) is 0 Å². The number of ether oxygens (including phenoxy) is 1. The van der Waals surface area contributed by atoms with Gasteiger partial charge in [0.1, 0.15) is 11.5 Å². The minimum absolute atomic E-state index is 0.0831. The molecule has 0 heterocycles. The lowest BCUT2D eigenvalue weighted by molar-refractivity contribution is 0.103. The Labute approximate surface area is 151 Å². The molecule has 0 aliphatic carbocycles. The molecule has 0 saturated heterocycles. The second-order valence-corrected chi connectivity index (χ2v) is 6.23. The Morgan fingerprint density at radius 3 is 2.25 bits per heavy atom. The molecule has 0 amide bonds. The molecule has 3 aromatic carbocycles. The van der Waals surface area contributed by atoms with Crippen molar-refractivity contribution in [3.63, 3.8) is 0 Å². The summed E-state index contributed by atoms with van der Waals surface area (Å²) in [6.45, 7) is 0. The number of benzene rings is 3. The number of anilines is 1. The molecule has 0 unspecified atom stereocenters. The molecular formula is C19H15NO2S2. The molecule has 0 spiro atoms. The molecule has 0 atom stereocenters. The molecule has 24 heavy (non-hydrogen) atoms. The fourth-order valence-electron chi connectivity index (χ4n) is 2.22. The Morgan fingerprint density at radius 2 is 1.58 bits per heavy atom. The second kappa shape index (κ2) is 7.03. The molecule has 0 saturated carbocycles. The SMILES string of the molecule is Nc1ccc(Oc2ccc(C(=O)c3cccc(S)c3)cc2S)cc1. The lowest BCUT2D eigenvalue weighted by Gasteiger charge is -2.10. The van der Waals surface area contributed by atoms with E-state index in [9.17, 15) is 4.79 Å². The topological polar surface area (TPSA) is 52.3 Å². The zero-order chi connectivity index (χ0) is 17.1. The number of carbonyl (C=O) groups excluding carboxylic acids is 1. The molecule has 120 valence electrons.